The number of carbonyl (C=O) groups is 2. The Morgan fingerprint density at radius 1 is 0.947 bits per heavy atom. The predicted octanol–water partition coefficient (Wildman–Crippen LogP) is 6.00. The first-order valence-electron chi connectivity index (χ1n) is 11.7. The van der Waals surface area contributed by atoms with Gasteiger partial charge in [0.2, 0.25) is 5.78 Å². The average Bonchev–Trinajstić information content (AvgIpc) is 3.46. The fourth-order valence-corrected chi connectivity index (χ4v) is 4.99. The van der Waals surface area contributed by atoms with E-state index in [0.717, 1.165) is 15.4 Å². The van der Waals surface area contributed by atoms with Crippen molar-refractivity contribution >= 4 is 38.6 Å². The summed E-state index contributed by atoms with van der Waals surface area (Å²) in [4.78, 5) is 28.6. The minimum absolute atomic E-state index is 0.0268. The van der Waals surface area contributed by atoms with Gasteiger partial charge in [-0.1, -0.05) is 34.1 Å². The van der Waals surface area contributed by atoms with E-state index in [4.69, 9.17) is 18.6 Å². The number of furan rings is 1. The van der Waals surface area contributed by atoms with E-state index in [1.54, 1.807) is 67.8 Å². The molecule has 0 aliphatic carbocycles. The molecule has 0 bridgehead atoms. The number of rotatable bonds is 8. The number of nitrogens with zero attached hydrogens (tertiary/aromatic N) is 1. The maximum absolute atomic E-state index is 13.8. The van der Waals surface area contributed by atoms with Gasteiger partial charge in [0.05, 0.1) is 32.9 Å². The third kappa shape index (κ3) is 4.50. The molecule has 0 fully saturated rings. The Labute approximate surface area is 227 Å². The zero-order valence-electron chi connectivity index (χ0n) is 20.9. The summed E-state index contributed by atoms with van der Waals surface area (Å²) in [6.45, 7) is 0.101. The average molecular weight is 578 g/mol. The van der Waals surface area contributed by atoms with Crippen molar-refractivity contribution in [3.05, 3.63) is 99.4 Å². The molecule has 0 radical (unpaired) electrons. The molecule has 8 nitrogen and oxygen atoms in total. The van der Waals surface area contributed by atoms with Crippen LogP contribution in [0, 0.1) is 0 Å². The van der Waals surface area contributed by atoms with Gasteiger partial charge in [-0.25, -0.2) is 0 Å². The number of benzene rings is 3. The standard InChI is InChI=1S/C29H24BrNO7/c1-35-20-8-5-17(6-9-20)26-25(27(32)24-14-18-13-19(30)7-11-21(18)38-24)28(33)29(34)31(26)15-16-4-10-22(36-2)23(12-16)37-3/h4-14,26,33H,15H2,1-3H3. The zero-order chi connectivity index (χ0) is 27.0. The molecule has 1 aliphatic rings. The molecule has 0 spiro atoms. The van der Waals surface area contributed by atoms with Crippen LogP contribution in [0.2, 0.25) is 0 Å². The summed E-state index contributed by atoms with van der Waals surface area (Å²) in [6, 6.07) is 18.4. The van der Waals surface area contributed by atoms with Gasteiger partial charge in [0.1, 0.15) is 11.3 Å². The SMILES string of the molecule is COc1ccc(C2C(C(=O)c3cc4cc(Br)ccc4o3)=C(O)C(=O)N2Cc2ccc(OC)c(OC)c2)cc1. The van der Waals surface area contributed by atoms with E-state index in [1.165, 1.54) is 19.1 Å². The molecule has 4 aromatic rings. The lowest BCUT2D eigenvalue weighted by Gasteiger charge is -2.27. The van der Waals surface area contributed by atoms with Crippen LogP contribution >= 0.6 is 15.9 Å². The first-order valence-corrected chi connectivity index (χ1v) is 12.5. The number of carbonyl (C=O) groups excluding carboxylic acids is 2. The molecule has 9 heteroatoms. The van der Waals surface area contributed by atoms with E-state index < -0.39 is 23.5 Å². The summed E-state index contributed by atoms with van der Waals surface area (Å²) in [5.41, 5.74) is 1.82. The first-order chi connectivity index (χ1) is 18.3. The molecule has 1 unspecified atom stereocenters. The van der Waals surface area contributed by atoms with Crippen molar-refractivity contribution in [3.8, 4) is 17.2 Å². The minimum Gasteiger partial charge on any atom is -0.503 e. The van der Waals surface area contributed by atoms with E-state index in [1.807, 2.05) is 6.07 Å². The first kappa shape index (κ1) is 25.4. The molecule has 3 aromatic carbocycles. The number of ether oxygens (including phenoxy) is 3. The van der Waals surface area contributed by atoms with Gasteiger partial charge in [-0.3, -0.25) is 9.59 Å². The number of aliphatic hydroxyl groups excluding tert-OH is 1. The molecule has 1 atom stereocenters. The number of ketones is 1. The highest BCUT2D eigenvalue weighted by atomic mass is 79.9. The molecular weight excluding hydrogens is 554 g/mol. The fraction of sp³-hybridized carbons (Fsp3) is 0.172. The Morgan fingerprint density at radius 3 is 2.37 bits per heavy atom. The summed E-state index contributed by atoms with van der Waals surface area (Å²) in [5, 5.41) is 11.7. The zero-order valence-corrected chi connectivity index (χ0v) is 22.4. The maximum Gasteiger partial charge on any atom is 0.290 e. The summed E-state index contributed by atoms with van der Waals surface area (Å²) >= 11 is 3.42. The van der Waals surface area contributed by atoms with Crippen molar-refractivity contribution in [1.29, 1.82) is 0 Å². The quantitative estimate of drug-likeness (QED) is 0.256. The predicted molar refractivity (Wildman–Crippen MR) is 144 cm³/mol. The van der Waals surface area contributed by atoms with Crippen LogP contribution in [0.4, 0.5) is 0 Å². The summed E-state index contributed by atoms with van der Waals surface area (Å²) in [5.74, 6) is -0.157. The van der Waals surface area contributed by atoms with Gasteiger partial charge in [-0.2, -0.15) is 0 Å². The highest BCUT2D eigenvalue weighted by molar-refractivity contribution is 9.10. The molecule has 0 saturated carbocycles. The van der Waals surface area contributed by atoms with Crippen molar-refractivity contribution < 1.29 is 33.3 Å². The monoisotopic (exact) mass is 577 g/mol. The number of hydrogen-bond donors (Lipinski definition) is 1. The number of fused-ring (bicyclic) bond motifs is 1. The fourth-order valence-electron chi connectivity index (χ4n) is 4.62. The Kier molecular flexibility index (Phi) is 6.86. The third-order valence-electron chi connectivity index (χ3n) is 6.48. The van der Waals surface area contributed by atoms with E-state index in [0.29, 0.717) is 28.4 Å². The lowest BCUT2D eigenvalue weighted by atomic mass is 9.94. The molecule has 194 valence electrons. The van der Waals surface area contributed by atoms with Crippen LogP contribution in [0.3, 0.4) is 0 Å². The maximum atomic E-state index is 13.8. The Hall–Kier alpha value is -4.24. The van der Waals surface area contributed by atoms with Crippen LogP contribution in [0.1, 0.15) is 27.7 Å². The van der Waals surface area contributed by atoms with Crippen LogP contribution in [0.5, 0.6) is 17.2 Å². The van der Waals surface area contributed by atoms with Crippen molar-refractivity contribution in [2.24, 2.45) is 0 Å². The molecule has 1 amide bonds. The number of hydrogen-bond acceptors (Lipinski definition) is 7. The summed E-state index contributed by atoms with van der Waals surface area (Å²) in [7, 11) is 4.62. The van der Waals surface area contributed by atoms with E-state index in [-0.39, 0.29) is 17.9 Å². The van der Waals surface area contributed by atoms with Crippen LogP contribution in [-0.2, 0) is 11.3 Å². The summed E-state index contributed by atoms with van der Waals surface area (Å²) in [6.07, 6.45) is 0. The Bertz CT molecular complexity index is 1570. The number of aliphatic hydroxyl groups is 1. The normalized spacial score (nSPS) is 15.3. The van der Waals surface area contributed by atoms with Crippen LogP contribution in [0.25, 0.3) is 11.0 Å². The van der Waals surface area contributed by atoms with Crippen LogP contribution in [-0.4, -0.2) is 43.0 Å². The van der Waals surface area contributed by atoms with E-state index in [2.05, 4.69) is 15.9 Å². The van der Waals surface area contributed by atoms with Crippen molar-refractivity contribution in [3.63, 3.8) is 0 Å². The van der Waals surface area contributed by atoms with E-state index >= 15 is 0 Å². The molecule has 38 heavy (non-hydrogen) atoms. The Balaban J connectivity index is 1.58. The molecule has 0 saturated heterocycles. The van der Waals surface area contributed by atoms with Crippen molar-refractivity contribution in [1.82, 2.24) is 4.90 Å². The molecule has 1 N–H and O–H groups in total. The van der Waals surface area contributed by atoms with Crippen LogP contribution in [0.15, 0.2) is 87.0 Å². The largest absolute Gasteiger partial charge is 0.503 e. The van der Waals surface area contributed by atoms with Gasteiger partial charge in [0.15, 0.2) is 23.0 Å². The summed E-state index contributed by atoms with van der Waals surface area (Å²) < 4.78 is 22.7. The van der Waals surface area contributed by atoms with Gasteiger partial charge in [0.25, 0.3) is 5.91 Å². The highest BCUT2D eigenvalue weighted by Gasteiger charge is 2.44. The number of Topliss-reactive ketones (excluding diaryl/α,β-unsaturated/α-hetero) is 1. The molecule has 1 aliphatic heterocycles. The number of methoxy groups -OCH3 is 3. The second-order valence-corrected chi connectivity index (χ2v) is 9.60. The Morgan fingerprint density at radius 2 is 1.68 bits per heavy atom. The van der Waals surface area contributed by atoms with Gasteiger partial charge >= 0.3 is 0 Å². The van der Waals surface area contributed by atoms with Crippen LogP contribution < -0.4 is 14.2 Å². The second-order valence-electron chi connectivity index (χ2n) is 8.68. The van der Waals surface area contributed by atoms with Gasteiger partial charge < -0.3 is 28.6 Å². The lowest BCUT2D eigenvalue weighted by Crippen LogP contribution is -2.30. The molecule has 5 rings (SSSR count). The topological polar surface area (TPSA) is 98.4 Å². The van der Waals surface area contributed by atoms with E-state index in [9.17, 15) is 14.7 Å². The highest BCUT2D eigenvalue weighted by Crippen LogP contribution is 2.41. The smallest absolute Gasteiger partial charge is 0.290 e. The lowest BCUT2D eigenvalue weighted by molar-refractivity contribution is -0.130. The molecule has 2 heterocycles. The van der Waals surface area contributed by atoms with Crippen molar-refractivity contribution in [2.45, 2.75) is 12.6 Å². The minimum atomic E-state index is -0.867. The third-order valence-corrected chi connectivity index (χ3v) is 6.98. The molecular formula is C29H24BrNO7. The van der Waals surface area contributed by atoms with Gasteiger partial charge in [-0.15, -0.1) is 0 Å². The van der Waals surface area contributed by atoms with Crippen molar-refractivity contribution in [2.75, 3.05) is 21.3 Å². The van der Waals surface area contributed by atoms with Gasteiger partial charge in [0, 0.05) is 16.4 Å². The second kappa shape index (κ2) is 10.3. The van der Waals surface area contributed by atoms with Gasteiger partial charge in [-0.05, 0) is 59.7 Å². The number of halogens is 1. The number of amides is 1. The molecule has 1 aromatic heterocycles.